The van der Waals surface area contributed by atoms with Crippen LogP contribution < -0.4 is 5.32 Å². The molecular formula is C19H28N2O5S. The number of rotatable bonds is 11. The molecule has 1 aromatic rings. The molecule has 0 radical (unpaired) electrons. The Morgan fingerprint density at radius 3 is 2.44 bits per heavy atom. The fraction of sp³-hybridized carbons (Fsp3) is 0.632. The maximum Gasteiger partial charge on any atom is 0.341 e. The number of anilines is 1. The number of carbonyl (C=O) groups excluding carboxylic acids is 3. The van der Waals surface area contributed by atoms with Crippen LogP contribution in [-0.2, 0) is 25.5 Å². The number of thiophene rings is 1. The van der Waals surface area contributed by atoms with Gasteiger partial charge in [0.05, 0.1) is 31.9 Å². The van der Waals surface area contributed by atoms with Gasteiger partial charge in [-0.15, -0.1) is 11.3 Å². The highest BCUT2D eigenvalue weighted by atomic mass is 32.1. The van der Waals surface area contributed by atoms with Crippen LogP contribution in [0.5, 0.6) is 0 Å². The van der Waals surface area contributed by atoms with E-state index >= 15 is 0 Å². The molecule has 1 amide bonds. The Morgan fingerprint density at radius 1 is 1.15 bits per heavy atom. The minimum atomic E-state index is -0.440. The first kappa shape index (κ1) is 21.4. The van der Waals surface area contributed by atoms with Crippen LogP contribution >= 0.6 is 11.3 Å². The van der Waals surface area contributed by atoms with Crippen molar-refractivity contribution in [2.75, 3.05) is 38.2 Å². The maximum atomic E-state index is 12.5. The van der Waals surface area contributed by atoms with Gasteiger partial charge in [-0.1, -0.05) is 6.92 Å². The van der Waals surface area contributed by atoms with Crippen LogP contribution in [0, 0.1) is 5.92 Å². The largest absolute Gasteiger partial charge is 0.465 e. The minimum absolute atomic E-state index is 0.0803. The molecule has 1 fully saturated rings. The molecule has 1 saturated carbocycles. The van der Waals surface area contributed by atoms with Gasteiger partial charge in [-0.25, -0.2) is 4.79 Å². The molecule has 1 heterocycles. The lowest BCUT2D eigenvalue weighted by Gasteiger charge is -2.20. The average Bonchev–Trinajstić information content (AvgIpc) is 3.32. The van der Waals surface area contributed by atoms with Gasteiger partial charge in [-0.05, 0) is 45.1 Å². The van der Waals surface area contributed by atoms with E-state index in [-0.39, 0.29) is 31.6 Å². The summed E-state index contributed by atoms with van der Waals surface area (Å²) in [6.07, 6.45) is 3.01. The number of hydrogen-bond acceptors (Lipinski definition) is 7. The molecular weight excluding hydrogens is 368 g/mol. The van der Waals surface area contributed by atoms with Crippen LogP contribution in [0.25, 0.3) is 0 Å². The Morgan fingerprint density at radius 2 is 1.85 bits per heavy atom. The average molecular weight is 397 g/mol. The molecule has 0 atom stereocenters. The van der Waals surface area contributed by atoms with Crippen molar-refractivity contribution in [2.45, 2.75) is 40.0 Å². The van der Waals surface area contributed by atoms with Crippen LogP contribution in [0.15, 0.2) is 6.07 Å². The van der Waals surface area contributed by atoms with Crippen molar-refractivity contribution in [1.29, 1.82) is 0 Å². The lowest BCUT2D eigenvalue weighted by Crippen LogP contribution is -2.38. The second-order valence-corrected chi connectivity index (χ2v) is 7.63. The zero-order chi connectivity index (χ0) is 19.8. The molecule has 150 valence electrons. The van der Waals surface area contributed by atoms with Crippen LogP contribution in [0.2, 0.25) is 0 Å². The third-order valence-electron chi connectivity index (χ3n) is 4.12. The quantitative estimate of drug-likeness (QED) is 0.579. The molecule has 0 aliphatic heterocycles. The first-order valence-corrected chi connectivity index (χ1v) is 10.3. The van der Waals surface area contributed by atoms with Crippen molar-refractivity contribution >= 4 is 34.2 Å². The molecule has 1 aromatic heterocycles. The molecule has 8 heteroatoms. The summed E-state index contributed by atoms with van der Waals surface area (Å²) < 4.78 is 10.1. The number of nitrogens with zero attached hydrogens (tertiary/aromatic N) is 1. The second kappa shape index (κ2) is 10.4. The summed E-state index contributed by atoms with van der Waals surface area (Å²) in [4.78, 5) is 39.3. The Bertz CT molecular complexity index is 669. The topological polar surface area (TPSA) is 84.9 Å². The number of amides is 1. The van der Waals surface area contributed by atoms with Crippen molar-refractivity contribution in [2.24, 2.45) is 5.92 Å². The summed E-state index contributed by atoms with van der Waals surface area (Å²) in [5.41, 5.74) is 0.381. The van der Waals surface area contributed by atoms with Gasteiger partial charge in [0.25, 0.3) is 0 Å². The molecule has 7 nitrogen and oxygen atoms in total. The Labute approximate surface area is 164 Å². The van der Waals surface area contributed by atoms with Gasteiger partial charge >= 0.3 is 11.9 Å². The monoisotopic (exact) mass is 396 g/mol. The number of esters is 2. The van der Waals surface area contributed by atoms with E-state index in [0.717, 1.165) is 24.1 Å². The number of hydrogen-bond donors (Lipinski definition) is 1. The predicted molar refractivity (Wildman–Crippen MR) is 104 cm³/mol. The van der Waals surface area contributed by atoms with Crippen LogP contribution in [0.1, 0.15) is 48.8 Å². The first-order chi connectivity index (χ1) is 13.0. The second-order valence-electron chi connectivity index (χ2n) is 6.50. The molecule has 0 bridgehead atoms. The van der Waals surface area contributed by atoms with E-state index in [2.05, 4.69) is 5.32 Å². The van der Waals surface area contributed by atoms with Crippen molar-refractivity contribution in [3.05, 3.63) is 16.5 Å². The van der Waals surface area contributed by atoms with Crippen LogP contribution in [0.4, 0.5) is 5.00 Å². The normalized spacial score (nSPS) is 13.5. The molecule has 1 aliphatic rings. The fourth-order valence-corrected chi connectivity index (χ4v) is 3.68. The van der Waals surface area contributed by atoms with Gasteiger partial charge in [0.1, 0.15) is 5.00 Å². The van der Waals surface area contributed by atoms with Crippen molar-refractivity contribution in [1.82, 2.24) is 4.90 Å². The Kier molecular flexibility index (Phi) is 8.24. The van der Waals surface area contributed by atoms with Crippen molar-refractivity contribution in [3.8, 4) is 0 Å². The predicted octanol–water partition coefficient (Wildman–Crippen LogP) is 2.70. The molecule has 0 spiro atoms. The Balaban J connectivity index is 2.02. The molecule has 1 aliphatic carbocycles. The van der Waals surface area contributed by atoms with Gasteiger partial charge in [0.2, 0.25) is 5.91 Å². The number of carbonyl (C=O) groups is 3. The lowest BCUT2D eigenvalue weighted by atomic mass is 10.2. The summed E-state index contributed by atoms with van der Waals surface area (Å²) in [5, 5.41) is 3.32. The molecule has 0 saturated heterocycles. The van der Waals surface area contributed by atoms with E-state index < -0.39 is 5.97 Å². The van der Waals surface area contributed by atoms with E-state index in [0.29, 0.717) is 29.6 Å². The smallest absolute Gasteiger partial charge is 0.341 e. The molecule has 2 rings (SSSR count). The van der Waals surface area contributed by atoms with Crippen molar-refractivity contribution in [3.63, 3.8) is 0 Å². The third-order valence-corrected chi connectivity index (χ3v) is 5.31. The summed E-state index contributed by atoms with van der Waals surface area (Å²) in [6, 6.07) is 1.76. The Hall–Kier alpha value is -1.93. The van der Waals surface area contributed by atoms with Gasteiger partial charge in [0.15, 0.2) is 0 Å². The van der Waals surface area contributed by atoms with E-state index in [9.17, 15) is 14.4 Å². The van der Waals surface area contributed by atoms with E-state index in [1.807, 2.05) is 11.8 Å². The molecule has 1 N–H and O–H groups in total. The third kappa shape index (κ3) is 6.95. The van der Waals surface area contributed by atoms with E-state index in [1.165, 1.54) is 11.3 Å². The number of ether oxygens (including phenoxy) is 2. The fourth-order valence-electron chi connectivity index (χ4n) is 2.68. The van der Waals surface area contributed by atoms with E-state index in [4.69, 9.17) is 9.47 Å². The highest BCUT2D eigenvalue weighted by molar-refractivity contribution is 7.16. The lowest BCUT2D eigenvalue weighted by molar-refractivity contribution is -0.144. The van der Waals surface area contributed by atoms with Crippen LogP contribution in [0.3, 0.4) is 0 Å². The van der Waals surface area contributed by atoms with Gasteiger partial charge < -0.3 is 14.8 Å². The zero-order valence-corrected chi connectivity index (χ0v) is 17.0. The highest BCUT2D eigenvalue weighted by Crippen LogP contribution is 2.31. The SMILES string of the molecule is CCOC(=O)CN(CC(=O)Nc1sc(CC)cc1C(=O)OCC)CC1CC1. The summed E-state index contributed by atoms with van der Waals surface area (Å²) in [5.74, 6) is -0.488. The zero-order valence-electron chi connectivity index (χ0n) is 16.2. The van der Waals surface area contributed by atoms with E-state index in [1.54, 1.807) is 19.9 Å². The minimum Gasteiger partial charge on any atom is -0.465 e. The summed E-state index contributed by atoms with van der Waals surface area (Å²) in [6.45, 7) is 6.95. The standard InChI is InChI=1S/C19H28N2O5S/c1-4-14-9-15(19(24)26-6-3)18(27-14)20-16(22)11-21(10-13-7-8-13)12-17(23)25-5-2/h9,13H,4-8,10-12H2,1-3H3,(H,20,22). The van der Waals surface area contributed by atoms with Gasteiger partial charge in [-0.2, -0.15) is 0 Å². The highest BCUT2D eigenvalue weighted by Gasteiger charge is 2.27. The van der Waals surface area contributed by atoms with Gasteiger partial charge in [0, 0.05) is 11.4 Å². The number of aryl methyl sites for hydroxylation is 1. The maximum absolute atomic E-state index is 12.5. The first-order valence-electron chi connectivity index (χ1n) is 9.44. The molecule has 27 heavy (non-hydrogen) atoms. The molecule has 0 unspecified atom stereocenters. The van der Waals surface area contributed by atoms with Gasteiger partial charge in [-0.3, -0.25) is 14.5 Å². The van der Waals surface area contributed by atoms with Crippen LogP contribution in [-0.4, -0.2) is 55.6 Å². The summed E-state index contributed by atoms with van der Waals surface area (Å²) in [7, 11) is 0. The van der Waals surface area contributed by atoms with Crippen molar-refractivity contribution < 1.29 is 23.9 Å². The number of nitrogens with one attached hydrogen (secondary N) is 1. The molecule has 0 aromatic carbocycles. The summed E-state index contributed by atoms with van der Waals surface area (Å²) >= 11 is 1.37.